The van der Waals surface area contributed by atoms with Gasteiger partial charge in [0.2, 0.25) is 0 Å². The summed E-state index contributed by atoms with van der Waals surface area (Å²) in [5, 5.41) is 0.377. The molecule has 0 aromatic heterocycles. The summed E-state index contributed by atoms with van der Waals surface area (Å²) in [4.78, 5) is -0.0195. The average Bonchev–Trinajstić information content (AvgIpc) is 2.64. The first-order chi connectivity index (χ1) is 12.4. The maximum Gasteiger partial charge on any atom is 0.191 e. The third-order valence-electron chi connectivity index (χ3n) is 5.00. The maximum atomic E-state index is 14.8. The molecular formula is C18H15ClF2O4S. The zero-order chi connectivity index (χ0) is 18.5. The number of rotatable bonds is 2. The molecule has 0 amide bonds. The van der Waals surface area contributed by atoms with Gasteiger partial charge in [0.05, 0.1) is 10.5 Å². The molecule has 2 aliphatic heterocycles. The molecule has 2 aliphatic rings. The third kappa shape index (κ3) is 2.37. The summed E-state index contributed by atoms with van der Waals surface area (Å²) in [6.45, 7) is 0.165. The Kier molecular flexibility index (Phi) is 4.21. The van der Waals surface area contributed by atoms with Gasteiger partial charge in [-0.25, -0.2) is 17.2 Å². The van der Waals surface area contributed by atoms with E-state index >= 15 is 0 Å². The molecule has 2 aromatic carbocycles. The number of hydrogen-bond acceptors (Lipinski definition) is 4. The fraction of sp³-hybridized carbons (Fsp3) is 0.333. The lowest BCUT2D eigenvalue weighted by atomic mass is 9.83. The Hall–Kier alpha value is -1.70. The van der Waals surface area contributed by atoms with Crippen molar-refractivity contribution in [3.63, 3.8) is 0 Å². The van der Waals surface area contributed by atoms with Crippen molar-refractivity contribution in [2.75, 3.05) is 13.2 Å². The molecule has 2 heterocycles. The van der Waals surface area contributed by atoms with E-state index < -0.39 is 32.3 Å². The molecule has 138 valence electrons. The summed E-state index contributed by atoms with van der Waals surface area (Å²) in [6.07, 6.45) is -0.418. The Bertz CT molecular complexity index is 962. The van der Waals surface area contributed by atoms with Crippen molar-refractivity contribution in [2.24, 2.45) is 0 Å². The van der Waals surface area contributed by atoms with Crippen molar-refractivity contribution >= 4 is 21.4 Å². The minimum atomic E-state index is -4.12. The quantitative estimate of drug-likeness (QED) is 0.768. The van der Waals surface area contributed by atoms with Crippen LogP contribution < -0.4 is 4.74 Å². The van der Waals surface area contributed by atoms with Crippen molar-refractivity contribution in [3.8, 4) is 5.75 Å². The van der Waals surface area contributed by atoms with E-state index in [1.54, 1.807) is 0 Å². The minimum Gasteiger partial charge on any atom is -0.487 e. The van der Waals surface area contributed by atoms with Crippen LogP contribution in [0.3, 0.4) is 0 Å². The molecule has 0 aliphatic carbocycles. The Labute approximate surface area is 154 Å². The molecule has 1 unspecified atom stereocenters. The summed E-state index contributed by atoms with van der Waals surface area (Å²) in [5.74, 6) is -1.98. The summed E-state index contributed by atoms with van der Waals surface area (Å²) in [7, 11) is -4.12. The smallest absolute Gasteiger partial charge is 0.191 e. The number of fused-ring (bicyclic) bond motifs is 3. The first-order valence-electron chi connectivity index (χ1n) is 8.11. The summed E-state index contributed by atoms with van der Waals surface area (Å²) >= 11 is 5.86. The lowest BCUT2D eigenvalue weighted by Crippen LogP contribution is -2.56. The van der Waals surface area contributed by atoms with Crippen molar-refractivity contribution in [3.05, 3.63) is 58.6 Å². The van der Waals surface area contributed by atoms with Crippen LogP contribution in [-0.2, 0) is 19.3 Å². The second-order valence-electron chi connectivity index (χ2n) is 6.35. The molecule has 2 aromatic rings. The van der Waals surface area contributed by atoms with Crippen LogP contribution in [0.5, 0.6) is 5.75 Å². The molecule has 4 nitrogen and oxygen atoms in total. The van der Waals surface area contributed by atoms with E-state index in [4.69, 9.17) is 21.1 Å². The topological polar surface area (TPSA) is 52.6 Å². The molecule has 8 heteroatoms. The van der Waals surface area contributed by atoms with Gasteiger partial charge in [-0.3, -0.25) is 0 Å². The SMILES string of the molecule is O=S(=O)(c1ccc(Cl)cc1)[C@]12CCCOC1COc1c(F)ccc(F)c12. The van der Waals surface area contributed by atoms with E-state index in [1.807, 2.05) is 0 Å². The van der Waals surface area contributed by atoms with E-state index in [0.29, 0.717) is 18.1 Å². The molecular weight excluding hydrogens is 386 g/mol. The molecule has 0 N–H and O–H groups in total. The van der Waals surface area contributed by atoms with E-state index in [1.165, 1.54) is 24.3 Å². The number of ether oxygens (including phenoxy) is 2. The Morgan fingerprint density at radius 2 is 1.77 bits per heavy atom. The summed E-state index contributed by atoms with van der Waals surface area (Å²) < 4.78 is 65.5. The van der Waals surface area contributed by atoms with Gasteiger partial charge in [0.1, 0.15) is 23.3 Å². The summed E-state index contributed by atoms with van der Waals surface area (Å²) in [5.41, 5.74) is -0.289. The molecule has 0 spiro atoms. The largest absolute Gasteiger partial charge is 0.487 e. The van der Waals surface area contributed by atoms with Crippen LogP contribution in [0.4, 0.5) is 8.78 Å². The molecule has 0 radical (unpaired) electrons. The fourth-order valence-electron chi connectivity index (χ4n) is 3.82. The van der Waals surface area contributed by atoms with Crippen LogP contribution >= 0.6 is 11.6 Å². The highest BCUT2D eigenvalue weighted by atomic mass is 35.5. The van der Waals surface area contributed by atoms with Gasteiger partial charge in [-0.1, -0.05) is 11.6 Å². The van der Waals surface area contributed by atoms with Gasteiger partial charge in [-0.05, 0) is 49.2 Å². The molecule has 1 saturated heterocycles. The first kappa shape index (κ1) is 17.7. The molecule has 0 bridgehead atoms. The monoisotopic (exact) mass is 400 g/mol. The van der Waals surface area contributed by atoms with Crippen LogP contribution in [0, 0.1) is 11.6 Å². The van der Waals surface area contributed by atoms with Crippen LogP contribution in [0.15, 0.2) is 41.3 Å². The van der Waals surface area contributed by atoms with E-state index in [0.717, 1.165) is 12.1 Å². The van der Waals surface area contributed by atoms with Crippen molar-refractivity contribution < 1.29 is 26.7 Å². The number of halogens is 3. The third-order valence-corrected chi connectivity index (χ3v) is 7.77. The number of sulfone groups is 1. The predicted octanol–water partition coefficient (Wildman–Crippen LogP) is 3.86. The van der Waals surface area contributed by atoms with Crippen LogP contribution in [0.1, 0.15) is 18.4 Å². The van der Waals surface area contributed by atoms with Gasteiger partial charge in [0.25, 0.3) is 0 Å². The molecule has 4 rings (SSSR count). The Morgan fingerprint density at radius 3 is 2.50 bits per heavy atom. The number of hydrogen-bond donors (Lipinski definition) is 0. The fourth-order valence-corrected chi connectivity index (χ4v) is 6.21. The highest BCUT2D eigenvalue weighted by Crippen LogP contribution is 2.52. The van der Waals surface area contributed by atoms with Crippen LogP contribution in [0.25, 0.3) is 0 Å². The van der Waals surface area contributed by atoms with Gasteiger partial charge in [-0.15, -0.1) is 0 Å². The minimum absolute atomic E-state index is 0.0195. The lowest BCUT2D eigenvalue weighted by molar-refractivity contribution is -0.0534. The summed E-state index contributed by atoms with van der Waals surface area (Å²) in [6, 6.07) is 7.49. The molecule has 0 saturated carbocycles. The zero-order valence-electron chi connectivity index (χ0n) is 13.5. The Morgan fingerprint density at radius 1 is 1.08 bits per heavy atom. The Balaban J connectivity index is 2.02. The van der Waals surface area contributed by atoms with Gasteiger partial charge in [0.15, 0.2) is 21.4 Å². The van der Waals surface area contributed by atoms with E-state index in [2.05, 4.69) is 0 Å². The van der Waals surface area contributed by atoms with Gasteiger partial charge in [0, 0.05) is 11.6 Å². The molecule has 26 heavy (non-hydrogen) atoms. The normalized spacial score (nSPS) is 25.1. The second kappa shape index (κ2) is 6.18. The zero-order valence-corrected chi connectivity index (χ0v) is 15.1. The van der Waals surface area contributed by atoms with Crippen LogP contribution in [0.2, 0.25) is 5.02 Å². The van der Waals surface area contributed by atoms with Crippen LogP contribution in [-0.4, -0.2) is 27.7 Å². The van der Waals surface area contributed by atoms with Crippen molar-refractivity contribution in [2.45, 2.75) is 28.6 Å². The molecule has 1 fully saturated rings. The highest BCUT2D eigenvalue weighted by molar-refractivity contribution is 7.92. The van der Waals surface area contributed by atoms with E-state index in [9.17, 15) is 17.2 Å². The second-order valence-corrected chi connectivity index (χ2v) is 9.00. The van der Waals surface area contributed by atoms with E-state index in [-0.39, 0.29) is 29.2 Å². The van der Waals surface area contributed by atoms with Crippen molar-refractivity contribution in [1.82, 2.24) is 0 Å². The van der Waals surface area contributed by atoms with Crippen molar-refractivity contribution in [1.29, 1.82) is 0 Å². The van der Waals surface area contributed by atoms with Gasteiger partial charge < -0.3 is 9.47 Å². The average molecular weight is 401 g/mol. The number of benzene rings is 2. The first-order valence-corrected chi connectivity index (χ1v) is 9.97. The highest BCUT2D eigenvalue weighted by Gasteiger charge is 2.59. The van der Waals surface area contributed by atoms with Gasteiger partial charge >= 0.3 is 0 Å². The maximum absolute atomic E-state index is 14.8. The lowest BCUT2D eigenvalue weighted by Gasteiger charge is -2.46. The predicted molar refractivity (Wildman–Crippen MR) is 91.1 cm³/mol. The standard InChI is InChI=1S/C18H15ClF2O4S/c19-11-2-4-12(5-3-11)26(22,23)18-8-1-9-24-15(18)10-25-17-14(21)7-6-13(20)16(17)18/h2-7,15H,1,8-10H2/t15?,18-/m1/s1. The molecule has 2 atom stereocenters. The van der Waals surface area contributed by atoms with Gasteiger partial charge in [-0.2, -0.15) is 0 Å².